The van der Waals surface area contributed by atoms with Crippen molar-refractivity contribution >= 4 is 15.7 Å². The van der Waals surface area contributed by atoms with Crippen LogP contribution in [0.5, 0.6) is 0 Å². The summed E-state index contributed by atoms with van der Waals surface area (Å²) in [6.45, 7) is 4.36. The van der Waals surface area contributed by atoms with Gasteiger partial charge in [0, 0.05) is 37.9 Å². The molecule has 2 saturated heterocycles. The molecule has 2 aliphatic rings. The Bertz CT molecular complexity index is 599. The molecule has 0 amide bonds. The van der Waals surface area contributed by atoms with Crippen molar-refractivity contribution in [1.29, 1.82) is 0 Å². The number of nitrogens with zero attached hydrogens (tertiary/aromatic N) is 2. The van der Waals surface area contributed by atoms with Crippen molar-refractivity contribution in [2.24, 2.45) is 0 Å². The van der Waals surface area contributed by atoms with E-state index in [4.69, 9.17) is 10.5 Å². The van der Waals surface area contributed by atoms with Gasteiger partial charge in [0.05, 0.1) is 18.1 Å². The second kappa shape index (κ2) is 5.92. The molecule has 116 valence electrons. The first-order valence-electron chi connectivity index (χ1n) is 7.25. The largest absolute Gasteiger partial charge is 0.399 e. The molecular weight excluding hydrogens is 290 g/mol. The van der Waals surface area contributed by atoms with Crippen molar-refractivity contribution in [2.45, 2.75) is 17.4 Å². The van der Waals surface area contributed by atoms with Gasteiger partial charge in [-0.25, -0.2) is 8.42 Å². The molecule has 2 aliphatic heterocycles. The van der Waals surface area contributed by atoms with Crippen LogP contribution < -0.4 is 5.73 Å². The van der Waals surface area contributed by atoms with E-state index < -0.39 is 10.0 Å². The Morgan fingerprint density at radius 2 is 1.95 bits per heavy atom. The molecule has 1 unspecified atom stereocenters. The quantitative estimate of drug-likeness (QED) is 0.816. The lowest BCUT2D eigenvalue weighted by Gasteiger charge is -2.32. The molecule has 6 nitrogen and oxygen atoms in total. The van der Waals surface area contributed by atoms with E-state index in [2.05, 4.69) is 4.90 Å². The molecule has 2 N–H and O–H groups in total. The van der Waals surface area contributed by atoms with Crippen molar-refractivity contribution in [1.82, 2.24) is 9.21 Å². The summed E-state index contributed by atoms with van der Waals surface area (Å²) in [4.78, 5) is 2.61. The molecule has 0 bridgehead atoms. The SMILES string of the molecule is Nc1cccc(S(=O)(=O)N2CCC(N3CCOCC3)C2)c1. The standard InChI is InChI=1S/C14H21N3O3S/c15-12-2-1-3-14(10-12)21(18,19)17-5-4-13(11-17)16-6-8-20-9-7-16/h1-3,10,13H,4-9,11,15H2. The van der Waals surface area contributed by atoms with Crippen LogP contribution in [0.15, 0.2) is 29.2 Å². The average molecular weight is 311 g/mol. The molecule has 1 aromatic rings. The summed E-state index contributed by atoms with van der Waals surface area (Å²) in [6, 6.07) is 6.80. The molecule has 2 heterocycles. The van der Waals surface area contributed by atoms with E-state index in [1.165, 1.54) is 6.07 Å². The molecule has 0 saturated carbocycles. The fraction of sp³-hybridized carbons (Fsp3) is 0.571. The molecular formula is C14H21N3O3S. The van der Waals surface area contributed by atoms with Crippen LogP contribution in [0.1, 0.15) is 6.42 Å². The zero-order valence-electron chi connectivity index (χ0n) is 11.9. The zero-order chi connectivity index (χ0) is 14.9. The third kappa shape index (κ3) is 3.06. The lowest BCUT2D eigenvalue weighted by atomic mass is 10.2. The minimum atomic E-state index is -3.44. The molecule has 3 rings (SSSR count). The summed E-state index contributed by atoms with van der Waals surface area (Å²) in [5.74, 6) is 0. The molecule has 0 spiro atoms. The minimum Gasteiger partial charge on any atom is -0.399 e. The van der Waals surface area contributed by atoms with Crippen molar-refractivity contribution < 1.29 is 13.2 Å². The summed E-state index contributed by atoms with van der Waals surface area (Å²) in [7, 11) is -3.44. The Hall–Kier alpha value is -1.15. The van der Waals surface area contributed by atoms with Crippen LogP contribution in [0.2, 0.25) is 0 Å². The smallest absolute Gasteiger partial charge is 0.243 e. The number of rotatable bonds is 3. The summed E-state index contributed by atoms with van der Waals surface area (Å²) < 4.78 is 32.2. The number of benzene rings is 1. The van der Waals surface area contributed by atoms with Crippen molar-refractivity contribution in [2.75, 3.05) is 45.1 Å². The van der Waals surface area contributed by atoms with Gasteiger partial charge in [-0.3, -0.25) is 4.90 Å². The van der Waals surface area contributed by atoms with Gasteiger partial charge in [0.2, 0.25) is 10.0 Å². The number of anilines is 1. The third-order valence-corrected chi connectivity index (χ3v) is 6.05. The highest BCUT2D eigenvalue weighted by Gasteiger charge is 2.35. The number of nitrogen functional groups attached to an aromatic ring is 1. The van der Waals surface area contributed by atoms with E-state index in [0.717, 1.165) is 32.7 Å². The van der Waals surface area contributed by atoms with Crippen LogP contribution in [0.4, 0.5) is 5.69 Å². The van der Waals surface area contributed by atoms with Gasteiger partial charge in [-0.2, -0.15) is 4.31 Å². The summed E-state index contributed by atoms with van der Waals surface area (Å²) in [5, 5.41) is 0. The number of nitrogens with two attached hydrogens (primary N) is 1. The van der Waals surface area contributed by atoms with E-state index in [9.17, 15) is 8.42 Å². The highest BCUT2D eigenvalue weighted by Crippen LogP contribution is 2.25. The molecule has 21 heavy (non-hydrogen) atoms. The number of hydrogen-bond acceptors (Lipinski definition) is 5. The maximum absolute atomic E-state index is 12.6. The van der Waals surface area contributed by atoms with Crippen LogP contribution in [0.3, 0.4) is 0 Å². The topological polar surface area (TPSA) is 75.9 Å². The molecule has 0 aromatic heterocycles. The van der Waals surface area contributed by atoms with E-state index in [1.807, 2.05) is 0 Å². The maximum Gasteiger partial charge on any atom is 0.243 e. The van der Waals surface area contributed by atoms with Gasteiger partial charge in [0.1, 0.15) is 0 Å². The Morgan fingerprint density at radius 1 is 1.19 bits per heavy atom. The number of sulfonamides is 1. The molecule has 1 atom stereocenters. The van der Waals surface area contributed by atoms with Gasteiger partial charge in [0.25, 0.3) is 0 Å². The third-order valence-electron chi connectivity index (χ3n) is 4.18. The fourth-order valence-corrected chi connectivity index (χ4v) is 4.54. The maximum atomic E-state index is 12.6. The monoisotopic (exact) mass is 311 g/mol. The van der Waals surface area contributed by atoms with Gasteiger partial charge in [-0.15, -0.1) is 0 Å². The first-order valence-corrected chi connectivity index (χ1v) is 8.69. The number of morpholine rings is 1. The normalized spacial score (nSPS) is 25.2. The van der Waals surface area contributed by atoms with Crippen LogP contribution in [0, 0.1) is 0 Å². The van der Waals surface area contributed by atoms with Gasteiger partial charge in [-0.05, 0) is 24.6 Å². The lowest BCUT2D eigenvalue weighted by molar-refractivity contribution is 0.0197. The van der Waals surface area contributed by atoms with Crippen LogP contribution in [0.25, 0.3) is 0 Å². The molecule has 0 radical (unpaired) electrons. The molecule has 0 aliphatic carbocycles. The van der Waals surface area contributed by atoms with E-state index >= 15 is 0 Å². The Labute approximate surface area is 125 Å². The van der Waals surface area contributed by atoms with Crippen LogP contribution in [-0.2, 0) is 14.8 Å². The number of ether oxygens (including phenoxy) is 1. The first-order chi connectivity index (χ1) is 10.1. The first kappa shape index (κ1) is 14.8. The Morgan fingerprint density at radius 3 is 2.67 bits per heavy atom. The van der Waals surface area contributed by atoms with Gasteiger partial charge in [0.15, 0.2) is 0 Å². The van der Waals surface area contributed by atoms with Gasteiger partial charge < -0.3 is 10.5 Å². The second-order valence-electron chi connectivity index (χ2n) is 5.53. The highest BCUT2D eigenvalue weighted by atomic mass is 32.2. The fourth-order valence-electron chi connectivity index (χ4n) is 2.99. The minimum absolute atomic E-state index is 0.283. The van der Waals surface area contributed by atoms with Crippen LogP contribution >= 0.6 is 0 Å². The highest BCUT2D eigenvalue weighted by molar-refractivity contribution is 7.89. The molecule has 1 aromatic carbocycles. The summed E-state index contributed by atoms with van der Waals surface area (Å²) in [5.41, 5.74) is 6.17. The average Bonchev–Trinajstić information content (AvgIpc) is 2.99. The van der Waals surface area contributed by atoms with Crippen molar-refractivity contribution in [3.63, 3.8) is 0 Å². The molecule has 7 heteroatoms. The van der Waals surface area contributed by atoms with E-state index in [1.54, 1.807) is 22.5 Å². The summed E-state index contributed by atoms with van der Waals surface area (Å²) in [6.07, 6.45) is 0.877. The Kier molecular flexibility index (Phi) is 4.17. The van der Waals surface area contributed by atoms with Crippen molar-refractivity contribution in [3.8, 4) is 0 Å². The van der Waals surface area contributed by atoms with Gasteiger partial charge in [-0.1, -0.05) is 6.07 Å². The number of hydrogen-bond donors (Lipinski definition) is 1. The predicted octanol–water partition coefficient (Wildman–Crippen LogP) is 0.364. The molecule has 2 fully saturated rings. The van der Waals surface area contributed by atoms with Gasteiger partial charge >= 0.3 is 0 Å². The van der Waals surface area contributed by atoms with E-state index in [0.29, 0.717) is 24.8 Å². The van der Waals surface area contributed by atoms with Crippen LogP contribution in [-0.4, -0.2) is 63.1 Å². The van der Waals surface area contributed by atoms with E-state index in [-0.39, 0.29) is 4.90 Å². The second-order valence-corrected chi connectivity index (χ2v) is 7.46. The summed E-state index contributed by atoms with van der Waals surface area (Å²) >= 11 is 0. The Balaban J connectivity index is 1.72. The predicted molar refractivity (Wildman–Crippen MR) is 80.4 cm³/mol. The zero-order valence-corrected chi connectivity index (χ0v) is 12.8. The van der Waals surface area contributed by atoms with Crippen molar-refractivity contribution in [3.05, 3.63) is 24.3 Å². The lowest BCUT2D eigenvalue weighted by Crippen LogP contribution is -2.45.